The molecule has 0 bridgehead atoms. The lowest BCUT2D eigenvalue weighted by Gasteiger charge is -2.09. The van der Waals surface area contributed by atoms with Gasteiger partial charge >= 0.3 is 0 Å². The monoisotopic (exact) mass is 383 g/mol. The highest BCUT2D eigenvalue weighted by molar-refractivity contribution is 5.80. The van der Waals surface area contributed by atoms with Crippen molar-refractivity contribution in [1.29, 1.82) is 0 Å². The van der Waals surface area contributed by atoms with E-state index >= 15 is 0 Å². The first-order valence-corrected chi connectivity index (χ1v) is 9.08. The van der Waals surface area contributed by atoms with Crippen molar-refractivity contribution in [1.82, 2.24) is 4.98 Å². The van der Waals surface area contributed by atoms with Gasteiger partial charge in [0.2, 0.25) is 0 Å². The summed E-state index contributed by atoms with van der Waals surface area (Å²) >= 11 is 0. The molecule has 0 atom stereocenters. The minimum atomic E-state index is 0.194. The number of hydrogen-bond donors (Lipinski definition) is 0. The van der Waals surface area contributed by atoms with Crippen molar-refractivity contribution in [3.05, 3.63) is 65.9 Å². The van der Waals surface area contributed by atoms with E-state index in [0.29, 0.717) is 26.4 Å². The predicted octanol–water partition coefficient (Wildman–Crippen LogP) is 3.96. The van der Waals surface area contributed by atoms with E-state index in [4.69, 9.17) is 23.7 Å². The molecule has 0 aliphatic carbocycles. The van der Waals surface area contributed by atoms with Gasteiger partial charge in [0.1, 0.15) is 11.5 Å². The van der Waals surface area contributed by atoms with Gasteiger partial charge in [0.05, 0.1) is 44.7 Å². The fourth-order valence-corrected chi connectivity index (χ4v) is 2.66. The molecule has 2 aromatic carbocycles. The van der Waals surface area contributed by atoms with E-state index < -0.39 is 0 Å². The Balaban J connectivity index is 1.49. The van der Waals surface area contributed by atoms with Gasteiger partial charge < -0.3 is 23.7 Å². The molecule has 0 N–H and O–H groups in total. The third kappa shape index (κ3) is 5.92. The lowest BCUT2D eigenvalue weighted by molar-refractivity contribution is -0.00857. The van der Waals surface area contributed by atoms with Crippen molar-refractivity contribution in [3.8, 4) is 11.5 Å². The van der Waals surface area contributed by atoms with Crippen LogP contribution in [0.15, 0.2) is 54.6 Å². The Morgan fingerprint density at radius 2 is 1.75 bits per heavy atom. The van der Waals surface area contributed by atoms with Crippen LogP contribution < -0.4 is 9.47 Å². The molecule has 0 saturated carbocycles. The molecule has 1 heterocycles. The molecule has 3 rings (SSSR count). The molecule has 0 unspecified atom stereocenters. The van der Waals surface area contributed by atoms with Crippen LogP contribution in [0.2, 0.25) is 0 Å². The van der Waals surface area contributed by atoms with Crippen LogP contribution in [-0.2, 0) is 27.4 Å². The second-order valence-electron chi connectivity index (χ2n) is 6.16. The second kappa shape index (κ2) is 10.6. The van der Waals surface area contributed by atoms with E-state index in [1.54, 1.807) is 14.2 Å². The number of hydrogen-bond acceptors (Lipinski definition) is 6. The average molecular weight is 383 g/mol. The molecule has 148 valence electrons. The molecule has 1 aromatic heterocycles. The maximum absolute atomic E-state index is 5.82. The molecule has 0 amide bonds. The summed E-state index contributed by atoms with van der Waals surface area (Å²) in [6.45, 7) is 2.16. The number of aromatic nitrogens is 1. The zero-order chi connectivity index (χ0) is 19.6. The van der Waals surface area contributed by atoms with Gasteiger partial charge in [-0.05, 0) is 42.0 Å². The van der Waals surface area contributed by atoms with E-state index in [9.17, 15) is 0 Å². The van der Waals surface area contributed by atoms with Crippen LogP contribution in [0.3, 0.4) is 0 Å². The predicted molar refractivity (Wildman–Crippen MR) is 107 cm³/mol. The number of benzene rings is 2. The lowest BCUT2D eigenvalue weighted by atomic mass is 10.2. The number of rotatable bonds is 11. The van der Waals surface area contributed by atoms with Crippen molar-refractivity contribution in [2.24, 2.45) is 0 Å². The summed E-state index contributed by atoms with van der Waals surface area (Å²) < 4.78 is 26.9. The van der Waals surface area contributed by atoms with Crippen molar-refractivity contribution in [2.75, 3.05) is 34.2 Å². The van der Waals surface area contributed by atoms with Crippen LogP contribution in [0.5, 0.6) is 11.5 Å². The first-order valence-electron chi connectivity index (χ1n) is 9.08. The number of methoxy groups -OCH3 is 2. The largest absolute Gasteiger partial charge is 0.497 e. The fraction of sp³-hybridized carbons (Fsp3) is 0.318. The summed E-state index contributed by atoms with van der Waals surface area (Å²) in [4.78, 5) is 4.63. The Morgan fingerprint density at radius 3 is 2.61 bits per heavy atom. The van der Waals surface area contributed by atoms with E-state index in [1.165, 1.54) is 0 Å². The number of ether oxygens (including phenoxy) is 5. The summed E-state index contributed by atoms with van der Waals surface area (Å²) in [5.41, 5.74) is 2.84. The van der Waals surface area contributed by atoms with Crippen LogP contribution >= 0.6 is 0 Å². The average Bonchev–Trinajstić information content (AvgIpc) is 2.73. The topological polar surface area (TPSA) is 59.0 Å². The third-order valence-corrected chi connectivity index (χ3v) is 4.11. The van der Waals surface area contributed by atoms with Gasteiger partial charge in [-0.2, -0.15) is 0 Å². The molecule has 3 aromatic rings. The maximum Gasteiger partial charge on any atom is 0.189 e. The quantitative estimate of drug-likeness (QED) is 0.369. The maximum atomic E-state index is 5.82. The summed E-state index contributed by atoms with van der Waals surface area (Å²) in [5, 5.41) is 1.04. The van der Waals surface area contributed by atoms with Crippen LogP contribution in [0, 0.1) is 0 Å². The first-order chi connectivity index (χ1) is 13.8. The molecule has 6 nitrogen and oxygen atoms in total. The van der Waals surface area contributed by atoms with Crippen LogP contribution in [-0.4, -0.2) is 39.2 Å². The highest BCUT2D eigenvalue weighted by Gasteiger charge is 2.02. The summed E-state index contributed by atoms with van der Waals surface area (Å²) in [6.07, 6.45) is 0. The van der Waals surface area contributed by atoms with Crippen molar-refractivity contribution < 1.29 is 23.7 Å². The van der Waals surface area contributed by atoms with Crippen LogP contribution in [0.1, 0.15) is 11.3 Å². The first kappa shape index (κ1) is 20.1. The molecular weight excluding hydrogens is 358 g/mol. The Kier molecular flexibility index (Phi) is 7.61. The van der Waals surface area contributed by atoms with Crippen molar-refractivity contribution in [3.63, 3.8) is 0 Å². The Hall–Kier alpha value is -2.67. The van der Waals surface area contributed by atoms with Gasteiger partial charge in [0.25, 0.3) is 0 Å². The minimum absolute atomic E-state index is 0.194. The zero-order valence-corrected chi connectivity index (χ0v) is 16.2. The molecule has 0 spiro atoms. The molecule has 0 saturated heterocycles. The highest BCUT2D eigenvalue weighted by Crippen LogP contribution is 2.20. The molecule has 6 heteroatoms. The van der Waals surface area contributed by atoms with Crippen molar-refractivity contribution in [2.45, 2.75) is 13.2 Å². The minimum Gasteiger partial charge on any atom is -0.497 e. The van der Waals surface area contributed by atoms with Gasteiger partial charge in [-0.1, -0.05) is 18.2 Å². The molecule has 0 radical (unpaired) electrons. The van der Waals surface area contributed by atoms with Crippen molar-refractivity contribution >= 4 is 10.9 Å². The van der Waals surface area contributed by atoms with Gasteiger partial charge in [0, 0.05) is 12.5 Å². The van der Waals surface area contributed by atoms with E-state index in [2.05, 4.69) is 4.98 Å². The Bertz CT molecular complexity index is 884. The fourth-order valence-electron chi connectivity index (χ4n) is 2.66. The smallest absolute Gasteiger partial charge is 0.189 e. The normalized spacial score (nSPS) is 10.9. The van der Waals surface area contributed by atoms with Gasteiger partial charge in [-0.15, -0.1) is 0 Å². The van der Waals surface area contributed by atoms with Crippen LogP contribution in [0.25, 0.3) is 10.9 Å². The van der Waals surface area contributed by atoms with E-state index in [-0.39, 0.29) is 6.79 Å². The molecule has 0 fully saturated rings. The Morgan fingerprint density at radius 1 is 0.821 bits per heavy atom. The van der Waals surface area contributed by atoms with Crippen LogP contribution in [0.4, 0.5) is 0 Å². The standard InChI is InChI=1S/C22H25NO5/c1-24-10-11-26-16-28-21-5-3-4-17(12-21)14-27-15-19-7-6-18-13-20(25-2)8-9-22(18)23-19/h3-9,12-13H,10-11,14-16H2,1-2H3. The van der Waals surface area contributed by atoms with Gasteiger partial charge in [-0.3, -0.25) is 4.98 Å². The number of pyridine rings is 1. The Labute approximate surface area is 165 Å². The SMILES string of the molecule is COCCOCOc1cccc(COCc2ccc3cc(OC)ccc3n2)c1. The zero-order valence-electron chi connectivity index (χ0n) is 16.2. The summed E-state index contributed by atoms with van der Waals surface area (Å²) in [7, 11) is 3.30. The van der Waals surface area contributed by atoms with E-state index in [1.807, 2.05) is 54.6 Å². The second-order valence-corrected chi connectivity index (χ2v) is 6.16. The van der Waals surface area contributed by atoms with Gasteiger partial charge in [-0.25, -0.2) is 0 Å². The highest BCUT2D eigenvalue weighted by atomic mass is 16.7. The molecular formula is C22H25NO5. The molecule has 0 aliphatic heterocycles. The summed E-state index contributed by atoms with van der Waals surface area (Å²) in [6, 6.07) is 17.6. The molecule has 0 aliphatic rings. The summed E-state index contributed by atoms with van der Waals surface area (Å²) in [5.74, 6) is 1.57. The molecule has 28 heavy (non-hydrogen) atoms. The van der Waals surface area contributed by atoms with Gasteiger partial charge in [0.15, 0.2) is 6.79 Å². The number of nitrogens with zero attached hydrogens (tertiary/aromatic N) is 1. The lowest BCUT2D eigenvalue weighted by Crippen LogP contribution is -2.07. The third-order valence-electron chi connectivity index (χ3n) is 4.11. The number of fused-ring (bicyclic) bond motifs is 1. The van der Waals surface area contributed by atoms with E-state index in [0.717, 1.165) is 33.7 Å².